The van der Waals surface area contributed by atoms with Crippen LogP contribution in [0.15, 0.2) is 54.6 Å². The van der Waals surface area contributed by atoms with Crippen LogP contribution in [0, 0.1) is 5.82 Å². The predicted octanol–water partition coefficient (Wildman–Crippen LogP) is 3.34. The maximum atomic E-state index is 13.7. The zero-order valence-corrected chi connectivity index (χ0v) is 13.0. The molecule has 3 nitrogen and oxygen atoms in total. The monoisotopic (exact) mass is 315 g/mol. The molecule has 114 valence electrons. The Hall–Kier alpha value is -2.14. The second-order valence-electron chi connectivity index (χ2n) is 5.22. The van der Waals surface area contributed by atoms with Crippen molar-refractivity contribution in [2.24, 2.45) is 0 Å². The molecule has 22 heavy (non-hydrogen) atoms. The van der Waals surface area contributed by atoms with Crippen LogP contribution in [0.2, 0.25) is 0 Å². The number of anilines is 2. The molecule has 2 aromatic carbocycles. The molecule has 1 fully saturated rings. The van der Waals surface area contributed by atoms with E-state index >= 15 is 0 Å². The fourth-order valence-corrected chi connectivity index (χ4v) is 2.86. The minimum atomic E-state index is -0.284. The van der Waals surface area contributed by atoms with E-state index in [1.807, 2.05) is 18.2 Å². The summed E-state index contributed by atoms with van der Waals surface area (Å²) in [6, 6.07) is 16.9. The van der Waals surface area contributed by atoms with E-state index in [0.717, 1.165) is 26.2 Å². The molecule has 0 atom stereocenters. The van der Waals surface area contributed by atoms with E-state index in [4.69, 9.17) is 12.2 Å². The van der Waals surface area contributed by atoms with Gasteiger partial charge in [0.05, 0.1) is 5.69 Å². The number of thiocarbonyl (C=S) groups is 1. The Balaban J connectivity index is 1.57. The molecule has 0 aromatic heterocycles. The van der Waals surface area contributed by atoms with E-state index in [1.165, 1.54) is 11.8 Å². The molecule has 1 N–H and O–H groups in total. The van der Waals surface area contributed by atoms with Gasteiger partial charge in [0.25, 0.3) is 0 Å². The summed E-state index contributed by atoms with van der Waals surface area (Å²) in [7, 11) is 0. The summed E-state index contributed by atoms with van der Waals surface area (Å²) < 4.78 is 13.7. The van der Waals surface area contributed by atoms with Gasteiger partial charge in [0.1, 0.15) is 5.82 Å². The van der Waals surface area contributed by atoms with Gasteiger partial charge in [0, 0.05) is 31.9 Å². The standard InChI is InChI=1S/C17H18FN3S/c18-15-8-4-5-9-16(15)19-17(22)21-12-10-20(11-13-21)14-6-2-1-3-7-14/h1-9H,10-13H2,(H,19,22). The van der Waals surface area contributed by atoms with Crippen LogP contribution in [0.3, 0.4) is 0 Å². The minimum Gasteiger partial charge on any atom is -0.368 e. The molecule has 0 bridgehead atoms. The Bertz CT molecular complexity index is 639. The maximum absolute atomic E-state index is 13.7. The molecule has 1 saturated heterocycles. The highest BCUT2D eigenvalue weighted by Crippen LogP contribution is 2.17. The van der Waals surface area contributed by atoms with Crippen LogP contribution in [0.1, 0.15) is 0 Å². The number of halogens is 1. The number of nitrogens with zero attached hydrogens (tertiary/aromatic N) is 2. The third-order valence-corrected chi connectivity index (χ3v) is 4.16. The van der Waals surface area contributed by atoms with Gasteiger partial charge in [-0.05, 0) is 36.5 Å². The van der Waals surface area contributed by atoms with Crippen LogP contribution in [-0.2, 0) is 0 Å². The molecular formula is C17H18FN3S. The zero-order chi connectivity index (χ0) is 15.4. The van der Waals surface area contributed by atoms with Crippen LogP contribution in [0.5, 0.6) is 0 Å². The summed E-state index contributed by atoms with van der Waals surface area (Å²) in [5, 5.41) is 3.58. The summed E-state index contributed by atoms with van der Waals surface area (Å²) in [6.45, 7) is 3.47. The number of hydrogen-bond acceptors (Lipinski definition) is 2. The minimum absolute atomic E-state index is 0.284. The normalized spacial score (nSPS) is 14.8. The van der Waals surface area contributed by atoms with Gasteiger partial charge in [-0.1, -0.05) is 30.3 Å². The highest BCUT2D eigenvalue weighted by molar-refractivity contribution is 7.80. The fraction of sp³-hybridized carbons (Fsp3) is 0.235. The first-order chi connectivity index (χ1) is 10.7. The molecule has 2 aromatic rings. The van der Waals surface area contributed by atoms with Gasteiger partial charge < -0.3 is 15.1 Å². The van der Waals surface area contributed by atoms with Crippen molar-refractivity contribution < 1.29 is 4.39 Å². The highest BCUT2D eigenvalue weighted by atomic mass is 32.1. The van der Waals surface area contributed by atoms with Crippen molar-refractivity contribution in [3.8, 4) is 0 Å². The third-order valence-electron chi connectivity index (χ3n) is 3.80. The molecule has 0 amide bonds. The van der Waals surface area contributed by atoms with Crippen LogP contribution >= 0.6 is 12.2 Å². The maximum Gasteiger partial charge on any atom is 0.173 e. The Morgan fingerprint density at radius 2 is 1.55 bits per heavy atom. The third kappa shape index (κ3) is 3.36. The molecule has 0 radical (unpaired) electrons. The molecule has 0 spiro atoms. The van der Waals surface area contributed by atoms with Gasteiger partial charge in [-0.2, -0.15) is 0 Å². The van der Waals surface area contributed by atoms with Crippen LogP contribution in [0.25, 0.3) is 0 Å². The number of piperazine rings is 1. The molecule has 0 aliphatic carbocycles. The van der Waals surface area contributed by atoms with Crippen LogP contribution < -0.4 is 10.2 Å². The average molecular weight is 315 g/mol. The Morgan fingerprint density at radius 1 is 0.909 bits per heavy atom. The van der Waals surface area contributed by atoms with Crippen molar-refractivity contribution >= 4 is 28.7 Å². The van der Waals surface area contributed by atoms with Crippen molar-refractivity contribution in [1.82, 2.24) is 4.90 Å². The van der Waals surface area contributed by atoms with Crippen molar-refractivity contribution in [3.05, 3.63) is 60.4 Å². The smallest absolute Gasteiger partial charge is 0.173 e. The second kappa shape index (κ2) is 6.75. The lowest BCUT2D eigenvalue weighted by Gasteiger charge is -2.37. The molecule has 5 heteroatoms. The number of para-hydroxylation sites is 2. The van der Waals surface area contributed by atoms with Crippen LogP contribution in [0.4, 0.5) is 15.8 Å². The zero-order valence-electron chi connectivity index (χ0n) is 12.2. The summed E-state index contributed by atoms with van der Waals surface area (Å²) in [4.78, 5) is 4.42. The topological polar surface area (TPSA) is 18.5 Å². The first-order valence-corrected chi connectivity index (χ1v) is 7.75. The molecule has 1 aliphatic rings. The van der Waals surface area contributed by atoms with E-state index in [-0.39, 0.29) is 5.82 Å². The Labute approximate surface area is 135 Å². The van der Waals surface area contributed by atoms with Gasteiger partial charge in [-0.25, -0.2) is 4.39 Å². The van der Waals surface area contributed by atoms with Crippen molar-refractivity contribution in [1.29, 1.82) is 0 Å². The molecule has 0 unspecified atom stereocenters. The second-order valence-corrected chi connectivity index (χ2v) is 5.61. The summed E-state index contributed by atoms with van der Waals surface area (Å²) >= 11 is 5.40. The summed E-state index contributed by atoms with van der Waals surface area (Å²) in [5.74, 6) is -0.284. The molecule has 3 rings (SSSR count). The molecular weight excluding hydrogens is 297 g/mol. The van der Waals surface area contributed by atoms with Gasteiger partial charge >= 0.3 is 0 Å². The Morgan fingerprint density at radius 3 is 2.23 bits per heavy atom. The summed E-state index contributed by atoms with van der Waals surface area (Å²) in [5.41, 5.74) is 1.66. The lowest BCUT2D eigenvalue weighted by atomic mass is 10.2. The first-order valence-electron chi connectivity index (χ1n) is 7.34. The predicted molar refractivity (Wildman–Crippen MR) is 92.8 cm³/mol. The molecule has 1 heterocycles. The highest BCUT2D eigenvalue weighted by Gasteiger charge is 2.19. The SMILES string of the molecule is Fc1ccccc1NC(=S)N1CCN(c2ccccc2)CC1. The number of rotatable bonds is 2. The van der Waals surface area contributed by atoms with Crippen LogP contribution in [-0.4, -0.2) is 36.2 Å². The largest absolute Gasteiger partial charge is 0.368 e. The molecule has 1 aliphatic heterocycles. The number of benzene rings is 2. The summed E-state index contributed by atoms with van der Waals surface area (Å²) in [6.07, 6.45) is 0. The first kappa shape index (κ1) is 14.8. The van der Waals surface area contributed by atoms with E-state index in [1.54, 1.807) is 18.2 Å². The van der Waals surface area contributed by atoms with E-state index in [2.05, 4.69) is 27.2 Å². The lowest BCUT2D eigenvalue weighted by Crippen LogP contribution is -2.50. The van der Waals surface area contributed by atoms with E-state index < -0.39 is 0 Å². The molecule has 0 saturated carbocycles. The van der Waals surface area contributed by atoms with Crippen molar-refractivity contribution in [2.45, 2.75) is 0 Å². The van der Waals surface area contributed by atoms with E-state index in [0.29, 0.717) is 10.8 Å². The fourth-order valence-electron chi connectivity index (χ4n) is 2.56. The van der Waals surface area contributed by atoms with Crippen molar-refractivity contribution in [2.75, 3.05) is 36.4 Å². The number of nitrogens with one attached hydrogen (secondary N) is 1. The quantitative estimate of drug-likeness (QED) is 0.856. The number of hydrogen-bond donors (Lipinski definition) is 1. The average Bonchev–Trinajstić information content (AvgIpc) is 2.58. The van der Waals surface area contributed by atoms with Gasteiger partial charge in [0.15, 0.2) is 5.11 Å². The Kier molecular flexibility index (Phi) is 4.53. The lowest BCUT2D eigenvalue weighted by molar-refractivity contribution is 0.391. The van der Waals surface area contributed by atoms with E-state index in [9.17, 15) is 4.39 Å². The van der Waals surface area contributed by atoms with Gasteiger partial charge in [-0.15, -0.1) is 0 Å². The van der Waals surface area contributed by atoms with Gasteiger partial charge in [0.2, 0.25) is 0 Å². The van der Waals surface area contributed by atoms with Gasteiger partial charge in [-0.3, -0.25) is 0 Å². The van der Waals surface area contributed by atoms with Crippen molar-refractivity contribution in [3.63, 3.8) is 0 Å².